The highest BCUT2D eigenvalue weighted by molar-refractivity contribution is 4.69. The molecule has 1 rings (SSSR count). The van der Waals surface area contributed by atoms with Gasteiger partial charge >= 0.3 is 0 Å². The van der Waals surface area contributed by atoms with Gasteiger partial charge in [0.25, 0.3) is 0 Å². The molecule has 1 fully saturated rings. The number of rotatable bonds is 2. The third kappa shape index (κ3) is 2.27. The Kier molecular flexibility index (Phi) is 3.16. The number of ether oxygens (including phenoxy) is 1. The second-order valence-electron chi connectivity index (χ2n) is 3.23. The Morgan fingerprint density at radius 3 is 3.00 bits per heavy atom. The topological polar surface area (TPSA) is 12.5 Å². The fraction of sp³-hybridized carbons (Fsp3) is 1.00. The summed E-state index contributed by atoms with van der Waals surface area (Å²) in [5.74, 6) is 0.781. The van der Waals surface area contributed by atoms with Gasteiger partial charge < -0.3 is 9.64 Å². The first-order chi connectivity index (χ1) is 4.83. The molecule has 1 heterocycles. The molecule has 0 aromatic carbocycles. The van der Waals surface area contributed by atoms with E-state index >= 15 is 0 Å². The van der Waals surface area contributed by atoms with E-state index in [0.717, 1.165) is 12.5 Å². The number of nitrogens with zero attached hydrogens (tertiary/aromatic N) is 1. The average molecular weight is 143 g/mol. The van der Waals surface area contributed by atoms with Crippen LogP contribution in [0.25, 0.3) is 0 Å². The second-order valence-corrected chi connectivity index (χ2v) is 3.23. The van der Waals surface area contributed by atoms with Gasteiger partial charge in [-0.25, -0.2) is 0 Å². The average Bonchev–Trinajstić information content (AvgIpc) is 1.88. The third-order valence-corrected chi connectivity index (χ3v) is 2.12. The molecule has 0 radical (unpaired) electrons. The van der Waals surface area contributed by atoms with Crippen LogP contribution >= 0.6 is 0 Å². The molecule has 0 saturated carbocycles. The van der Waals surface area contributed by atoms with Crippen molar-refractivity contribution in [1.82, 2.24) is 4.90 Å². The molecule has 0 amide bonds. The highest BCUT2D eigenvalue weighted by Crippen LogP contribution is 2.14. The molecule has 10 heavy (non-hydrogen) atoms. The minimum Gasteiger partial charge on any atom is -0.384 e. The van der Waals surface area contributed by atoms with Crippen LogP contribution in [0.5, 0.6) is 0 Å². The van der Waals surface area contributed by atoms with E-state index in [4.69, 9.17) is 4.74 Å². The molecule has 1 aliphatic heterocycles. The molecule has 0 aromatic heterocycles. The van der Waals surface area contributed by atoms with E-state index in [1.165, 1.54) is 25.9 Å². The lowest BCUT2D eigenvalue weighted by Gasteiger charge is -2.28. The summed E-state index contributed by atoms with van der Waals surface area (Å²) < 4.78 is 5.10. The molecule has 0 aromatic rings. The molecule has 0 bridgehead atoms. The molecule has 1 atom stereocenters. The molecule has 0 N–H and O–H groups in total. The Morgan fingerprint density at radius 1 is 1.60 bits per heavy atom. The van der Waals surface area contributed by atoms with Crippen molar-refractivity contribution < 1.29 is 4.74 Å². The number of piperidine rings is 1. The first-order valence-corrected chi connectivity index (χ1v) is 4.00. The van der Waals surface area contributed by atoms with Gasteiger partial charge in [-0.05, 0) is 32.4 Å². The SMILES string of the molecule is COC[C@H]1CCCN(C)C1. The second kappa shape index (κ2) is 3.94. The normalized spacial score (nSPS) is 28.8. The molecule has 60 valence electrons. The fourth-order valence-electron chi connectivity index (χ4n) is 1.64. The van der Waals surface area contributed by atoms with Gasteiger partial charge in [-0.3, -0.25) is 0 Å². The van der Waals surface area contributed by atoms with E-state index in [0.29, 0.717) is 0 Å². The van der Waals surface area contributed by atoms with E-state index in [1.54, 1.807) is 7.11 Å². The molecule has 0 aliphatic carbocycles. The van der Waals surface area contributed by atoms with Crippen molar-refractivity contribution in [3.05, 3.63) is 0 Å². The summed E-state index contributed by atoms with van der Waals surface area (Å²) in [7, 11) is 3.97. The molecule has 0 unspecified atom stereocenters. The van der Waals surface area contributed by atoms with Gasteiger partial charge in [0, 0.05) is 13.7 Å². The quantitative estimate of drug-likeness (QED) is 0.571. The summed E-state index contributed by atoms with van der Waals surface area (Å²) in [5, 5.41) is 0. The van der Waals surface area contributed by atoms with Gasteiger partial charge in [-0.1, -0.05) is 0 Å². The molecule has 1 saturated heterocycles. The monoisotopic (exact) mass is 143 g/mol. The van der Waals surface area contributed by atoms with E-state index in [-0.39, 0.29) is 0 Å². The molecule has 1 aliphatic rings. The number of likely N-dealkylation sites (tertiary alicyclic amines) is 1. The zero-order chi connectivity index (χ0) is 7.40. The summed E-state index contributed by atoms with van der Waals surface area (Å²) >= 11 is 0. The van der Waals surface area contributed by atoms with E-state index < -0.39 is 0 Å². The van der Waals surface area contributed by atoms with Crippen molar-refractivity contribution in [3.8, 4) is 0 Å². The molecular formula is C8H17NO. The first kappa shape index (κ1) is 8.02. The Morgan fingerprint density at radius 2 is 2.40 bits per heavy atom. The van der Waals surface area contributed by atoms with Crippen molar-refractivity contribution in [3.63, 3.8) is 0 Å². The highest BCUT2D eigenvalue weighted by Gasteiger charge is 2.15. The first-order valence-electron chi connectivity index (χ1n) is 4.00. The number of hydrogen-bond donors (Lipinski definition) is 0. The lowest BCUT2D eigenvalue weighted by atomic mass is 10.00. The Labute approximate surface area is 63.2 Å². The standard InChI is InChI=1S/C8H17NO/c1-9-5-3-4-8(6-9)7-10-2/h8H,3-7H2,1-2H3/t8-/m0/s1. The summed E-state index contributed by atoms with van der Waals surface area (Å²) in [6.07, 6.45) is 2.68. The van der Waals surface area contributed by atoms with E-state index in [2.05, 4.69) is 11.9 Å². The van der Waals surface area contributed by atoms with Crippen LogP contribution in [0.15, 0.2) is 0 Å². The van der Waals surface area contributed by atoms with Crippen LogP contribution in [0.2, 0.25) is 0 Å². The van der Waals surface area contributed by atoms with Crippen molar-refractivity contribution in [2.45, 2.75) is 12.8 Å². The minimum absolute atomic E-state index is 0.781. The maximum absolute atomic E-state index is 5.10. The third-order valence-electron chi connectivity index (χ3n) is 2.12. The molecule has 2 heteroatoms. The van der Waals surface area contributed by atoms with Crippen LogP contribution in [0.3, 0.4) is 0 Å². The van der Waals surface area contributed by atoms with Gasteiger partial charge in [0.05, 0.1) is 6.61 Å². The number of methoxy groups -OCH3 is 1. The minimum atomic E-state index is 0.781. The molecular weight excluding hydrogens is 126 g/mol. The van der Waals surface area contributed by atoms with E-state index in [9.17, 15) is 0 Å². The van der Waals surface area contributed by atoms with Gasteiger partial charge in [0.1, 0.15) is 0 Å². The maximum Gasteiger partial charge on any atom is 0.0502 e. The van der Waals surface area contributed by atoms with Crippen molar-refractivity contribution in [2.75, 3.05) is 33.9 Å². The Hall–Kier alpha value is -0.0800. The van der Waals surface area contributed by atoms with Crippen LogP contribution in [-0.4, -0.2) is 38.8 Å². The Bertz CT molecular complexity index is 93.3. The fourth-order valence-corrected chi connectivity index (χ4v) is 1.64. The van der Waals surface area contributed by atoms with Gasteiger partial charge in [-0.2, -0.15) is 0 Å². The summed E-state index contributed by atoms with van der Waals surface area (Å²) in [4.78, 5) is 2.38. The smallest absolute Gasteiger partial charge is 0.0502 e. The summed E-state index contributed by atoms with van der Waals surface area (Å²) in [5.41, 5.74) is 0. The molecule has 2 nitrogen and oxygen atoms in total. The van der Waals surface area contributed by atoms with Crippen LogP contribution in [0.4, 0.5) is 0 Å². The van der Waals surface area contributed by atoms with E-state index in [1.807, 2.05) is 0 Å². The van der Waals surface area contributed by atoms with Crippen molar-refractivity contribution in [1.29, 1.82) is 0 Å². The van der Waals surface area contributed by atoms with Crippen molar-refractivity contribution in [2.24, 2.45) is 5.92 Å². The predicted molar refractivity (Wildman–Crippen MR) is 42.1 cm³/mol. The zero-order valence-electron chi connectivity index (χ0n) is 6.97. The predicted octanol–water partition coefficient (Wildman–Crippen LogP) is 0.975. The Balaban J connectivity index is 2.18. The summed E-state index contributed by atoms with van der Waals surface area (Å²) in [6, 6.07) is 0. The lowest BCUT2D eigenvalue weighted by molar-refractivity contribution is 0.102. The lowest BCUT2D eigenvalue weighted by Crippen LogP contribution is -2.33. The van der Waals surface area contributed by atoms with Crippen LogP contribution in [0.1, 0.15) is 12.8 Å². The van der Waals surface area contributed by atoms with Crippen LogP contribution in [0, 0.1) is 5.92 Å². The highest BCUT2D eigenvalue weighted by atomic mass is 16.5. The largest absolute Gasteiger partial charge is 0.384 e. The molecule has 0 spiro atoms. The van der Waals surface area contributed by atoms with Gasteiger partial charge in [0.2, 0.25) is 0 Å². The van der Waals surface area contributed by atoms with Crippen molar-refractivity contribution >= 4 is 0 Å². The van der Waals surface area contributed by atoms with Crippen LogP contribution < -0.4 is 0 Å². The van der Waals surface area contributed by atoms with Crippen LogP contribution in [-0.2, 0) is 4.74 Å². The zero-order valence-corrected chi connectivity index (χ0v) is 6.97. The maximum atomic E-state index is 5.10. The summed E-state index contributed by atoms with van der Waals surface area (Å²) in [6.45, 7) is 3.42. The van der Waals surface area contributed by atoms with Gasteiger partial charge in [-0.15, -0.1) is 0 Å². The number of hydrogen-bond acceptors (Lipinski definition) is 2. The van der Waals surface area contributed by atoms with Gasteiger partial charge in [0.15, 0.2) is 0 Å².